The standard InChI is InChI=1S/C17H20O2/c1-12-8-13(2)10-15(9-12)16(18)11-14-6-4-5-7-17(14)19-3/h4-10,16,18H,11H2,1-3H3. The molecule has 0 aliphatic carbocycles. The van der Waals surface area contributed by atoms with Crippen molar-refractivity contribution in [2.75, 3.05) is 7.11 Å². The molecule has 0 aliphatic rings. The quantitative estimate of drug-likeness (QED) is 0.906. The van der Waals surface area contributed by atoms with E-state index in [1.54, 1.807) is 7.11 Å². The summed E-state index contributed by atoms with van der Waals surface area (Å²) in [5.41, 5.74) is 4.34. The summed E-state index contributed by atoms with van der Waals surface area (Å²) in [7, 11) is 1.65. The predicted molar refractivity (Wildman–Crippen MR) is 77.6 cm³/mol. The summed E-state index contributed by atoms with van der Waals surface area (Å²) >= 11 is 0. The molecule has 100 valence electrons. The molecule has 0 bridgehead atoms. The number of hydrogen-bond acceptors (Lipinski definition) is 2. The van der Waals surface area contributed by atoms with Gasteiger partial charge in [-0.25, -0.2) is 0 Å². The highest BCUT2D eigenvalue weighted by molar-refractivity contribution is 5.36. The molecule has 0 saturated heterocycles. The molecule has 0 amide bonds. The molecule has 2 heteroatoms. The normalized spacial score (nSPS) is 12.2. The lowest BCUT2D eigenvalue weighted by Crippen LogP contribution is -2.04. The van der Waals surface area contributed by atoms with Crippen LogP contribution >= 0.6 is 0 Å². The van der Waals surface area contributed by atoms with Gasteiger partial charge < -0.3 is 9.84 Å². The molecule has 0 saturated carbocycles. The summed E-state index contributed by atoms with van der Waals surface area (Å²) in [5, 5.41) is 10.4. The lowest BCUT2D eigenvalue weighted by Gasteiger charge is -2.15. The molecule has 1 N–H and O–H groups in total. The fourth-order valence-corrected chi connectivity index (χ4v) is 2.40. The molecule has 2 aromatic carbocycles. The fourth-order valence-electron chi connectivity index (χ4n) is 2.40. The van der Waals surface area contributed by atoms with Crippen molar-refractivity contribution in [3.8, 4) is 5.75 Å². The Morgan fingerprint density at radius 2 is 1.68 bits per heavy atom. The Morgan fingerprint density at radius 3 is 2.32 bits per heavy atom. The van der Waals surface area contributed by atoms with Gasteiger partial charge in [0.15, 0.2) is 0 Å². The Hall–Kier alpha value is -1.80. The maximum Gasteiger partial charge on any atom is 0.122 e. The van der Waals surface area contributed by atoms with Crippen LogP contribution in [0.4, 0.5) is 0 Å². The topological polar surface area (TPSA) is 29.5 Å². The number of aliphatic hydroxyl groups excluding tert-OH is 1. The summed E-state index contributed by atoms with van der Waals surface area (Å²) in [4.78, 5) is 0. The van der Waals surface area contributed by atoms with Gasteiger partial charge in [-0.1, -0.05) is 47.5 Å². The Balaban J connectivity index is 2.22. The Morgan fingerprint density at radius 1 is 1.05 bits per heavy atom. The monoisotopic (exact) mass is 256 g/mol. The maximum absolute atomic E-state index is 10.4. The van der Waals surface area contributed by atoms with Crippen molar-refractivity contribution in [2.24, 2.45) is 0 Å². The zero-order chi connectivity index (χ0) is 13.8. The third kappa shape index (κ3) is 3.36. The van der Waals surface area contributed by atoms with Gasteiger partial charge in [0, 0.05) is 6.42 Å². The lowest BCUT2D eigenvalue weighted by molar-refractivity contribution is 0.177. The van der Waals surface area contributed by atoms with Crippen LogP contribution < -0.4 is 4.74 Å². The lowest BCUT2D eigenvalue weighted by atomic mass is 9.98. The minimum atomic E-state index is -0.505. The van der Waals surface area contributed by atoms with E-state index in [0.717, 1.165) is 16.9 Å². The highest BCUT2D eigenvalue weighted by Gasteiger charge is 2.12. The van der Waals surface area contributed by atoms with Crippen LogP contribution in [0.5, 0.6) is 5.75 Å². The molecule has 0 fully saturated rings. The number of benzene rings is 2. The van der Waals surface area contributed by atoms with E-state index >= 15 is 0 Å². The Kier molecular flexibility index (Phi) is 4.23. The average Bonchev–Trinajstić information content (AvgIpc) is 2.38. The largest absolute Gasteiger partial charge is 0.496 e. The summed E-state index contributed by atoms with van der Waals surface area (Å²) in [6.07, 6.45) is 0.0577. The third-order valence-electron chi connectivity index (χ3n) is 3.23. The summed E-state index contributed by atoms with van der Waals surface area (Å²) in [6, 6.07) is 14.0. The van der Waals surface area contributed by atoms with Crippen LogP contribution in [-0.2, 0) is 6.42 Å². The first kappa shape index (κ1) is 13.6. The van der Waals surface area contributed by atoms with E-state index in [1.165, 1.54) is 11.1 Å². The number of aryl methyl sites for hydroxylation is 2. The Labute approximate surface area is 114 Å². The molecule has 2 rings (SSSR count). The van der Waals surface area contributed by atoms with Crippen molar-refractivity contribution in [3.63, 3.8) is 0 Å². The predicted octanol–water partition coefficient (Wildman–Crippen LogP) is 3.59. The summed E-state index contributed by atoms with van der Waals surface area (Å²) in [5.74, 6) is 0.825. The van der Waals surface area contributed by atoms with Crippen LogP contribution in [0.3, 0.4) is 0 Å². The van der Waals surface area contributed by atoms with Crippen molar-refractivity contribution in [1.82, 2.24) is 0 Å². The number of methoxy groups -OCH3 is 1. The number of aliphatic hydroxyl groups is 1. The van der Waals surface area contributed by atoms with E-state index in [4.69, 9.17) is 4.74 Å². The Bertz CT molecular complexity index is 541. The van der Waals surface area contributed by atoms with Crippen LogP contribution in [0.1, 0.15) is 28.4 Å². The van der Waals surface area contributed by atoms with E-state index < -0.39 is 6.10 Å². The molecular formula is C17H20O2. The summed E-state index contributed by atoms with van der Waals surface area (Å²) < 4.78 is 5.32. The van der Waals surface area contributed by atoms with E-state index in [-0.39, 0.29) is 0 Å². The van der Waals surface area contributed by atoms with Crippen LogP contribution in [0.15, 0.2) is 42.5 Å². The molecule has 0 aliphatic heterocycles. The van der Waals surface area contributed by atoms with Crippen LogP contribution in [0, 0.1) is 13.8 Å². The van der Waals surface area contributed by atoms with Gasteiger partial charge in [-0.3, -0.25) is 0 Å². The number of rotatable bonds is 4. The zero-order valence-electron chi connectivity index (χ0n) is 11.7. The van der Waals surface area contributed by atoms with Gasteiger partial charge in [0.2, 0.25) is 0 Å². The SMILES string of the molecule is COc1ccccc1CC(O)c1cc(C)cc(C)c1. The van der Waals surface area contributed by atoms with Gasteiger partial charge in [0.25, 0.3) is 0 Å². The molecule has 0 heterocycles. The van der Waals surface area contributed by atoms with Gasteiger partial charge in [-0.15, -0.1) is 0 Å². The average molecular weight is 256 g/mol. The van der Waals surface area contributed by atoms with Crippen molar-refractivity contribution >= 4 is 0 Å². The fraction of sp³-hybridized carbons (Fsp3) is 0.294. The van der Waals surface area contributed by atoms with Gasteiger partial charge >= 0.3 is 0 Å². The number of hydrogen-bond donors (Lipinski definition) is 1. The number of ether oxygens (including phenoxy) is 1. The second-order valence-electron chi connectivity index (χ2n) is 4.95. The molecule has 1 unspecified atom stereocenters. The maximum atomic E-state index is 10.4. The second kappa shape index (κ2) is 5.89. The van der Waals surface area contributed by atoms with Crippen molar-refractivity contribution in [2.45, 2.75) is 26.4 Å². The van der Waals surface area contributed by atoms with Crippen molar-refractivity contribution in [3.05, 3.63) is 64.7 Å². The second-order valence-corrected chi connectivity index (χ2v) is 4.95. The van der Waals surface area contributed by atoms with Gasteiger partial charge in [-0.2, -0.15) is 0 Å². The van der Waals surface area contributed by atoms with Crippen LogP contribution in [0.2, 0.25) is 0 Å². The van der Waals surface area contributed by atoms with Gasteiger partial charge in [0.1, 0.15) is 5.75 Å². The van der Waals surface area contributed by atoms with E-state index in [1.807, 2.05) is 50.2 Å². The molecule has 2 nitrogen and oxygen atoms in total. The highest BCUT2D eigenvalue weighted by atomic mass is 16.5. The first-order valence-electron chi connectivity index (χ1n) is 6.48. The smallest absolute Gasteiger partial charge is 0.122 e. The van der Waals surface area contributed by atoms with E-state index in [0.29, 0.717) is 6.42 Å². The summed E-state index contributed by atoms with van der Waals surface area (Å²) in [6.45, 7) is 4.10. The van der Waals surface area contributed by atoms with E-state index in [2.05, 4.69) is 6.07 Å². The van der Waals surface area contributed by atoms with Crippen molar-refractivity contribution in [1.29, 1.82) is 0 Å². The zero-order valence-corrected chi connectivity index (χ0v) is 11.7. The first-order valence-corrected chi connectivity index (χ1v) is 6.48. The molecule has 0 aromatic heterocycles. The molecule has 0 radical (unpaired) electrons. The third-order valence-corrected chi connectivity index (χ3v) is 3.23. The van der Waals surface area contributed by atoms with Gasteiger partial charge in [-0.05, 0) is 31.0 Å². The molecule has 0 spiro atoms. The van der Waals surface area contributed by atoms with Crippen LogP contribution in [-0.4, -0.2) is 12.2 Å². The first-order chi connectivity index (χ1) is 9.10. The molecule has 19 heavy (non-hydrogen) atoms. The molecule has 1 atom stereocenters. The van der Waals surface area contributed by atoms with Crippen molar-refractivity contribution < 1.29 is 9.84 Å². The minimum absolute atomic E-state index is 0.505. The van der Waals surface area contributed by atoms with E-state index in [9.17, 15) is 5.11 Å². The van der Waals surface area contributed by atoms with Crippen LogP contribution in [0.25, 0.3) is 0 Å². The molecule has 2 aromatic rings. The highest BCUT2D eigenvalue weighted by Crippen LogP contribution is 2.25. The number of para-hydroxylation sites is 1. The molecular weight excluding hydrogens is 236 g/mol. The minimum Gasteiger partial charge on any atom is -0.496 e. The van der Waals surface area contributed by atoms with Gasteiger partial charge in [0.05, 0.1) is 13.2 Å².